The zero-order chi connectivity index (χ0) is 39.6. The minimum Gasteiger partial charge on any atom is -0.775 e. The molecule has 0 fully saturated rings. The van der Waals surface area contributed by atoms with Gasteiger partial charge in [-0.25, -0.2) is 4.85 Å². The lowest BCUT2D eigenvalue weighted by atomic mass is 9.65. The van der Waals surface area contributed by atoms with Gasteiger partial charge in [0.2, 0.25) is 17.5 Å². The summed E-state index contributed by atoms with van der Waals surface area (Å²) in [5.41, 5.74) is 9.52. The van der Waals surface area contributed by atoms with Gasteiger partial charge in [0.15, 0.2) is 5.78 Å². The fourth-order valence-electron chi connectivity index (χ4n) is 11.3. The summed E-state index contributed by atoms with van der Waals surface area (Å²) in [7, 11) is 0. The third-order valence-electron chi connectivity index (χ3n) is 13.3. The first kappa shape index (κ1) is 34.5. The molecule has 284 valence electrons. The van der Waals surface area contributed by atoms with Crippen LogP contribution in [0.1, 0.15) is 66.0 Å². The van der Waals surface area contributed by atoms with Gasteiger partial charge in [-0.1, -0.05) is 48.5 Å². The molecular weight excluding hydrogens is 721 g/mol. The number of benzene rings is 6. The number of hydrogen-bond acceptors (Lipinski definition) is 5. The third-order valence-corrected chi connectivity index (χ3v) is 13.3. The second kappa shape index (κ2) is 12.6. The number of ketones is 1. The van der Waals surface area contributed by atoms with Crippen molar-refractivity contribution in [3.8, 4) is 0 Å². The highest BCUT2D eigenvalue weighted by atomic mass is 16.2. The molecule has 6 aromatic carbocycles. The van der Waals surface area contributed by atoms with Gasteiger partial charge < -0.3 is 25.8 Å². The van der Waals surface area contributed by atoms with Crippen molar-refractivity contribution in [2.24, 2.45) is 0 Å². The van der Waals surface area contributed by atoms with Crippen molar-refractivity contribution in [1.82, 2.24) is 0 Å². The maximum atomic E-state index is 15.7. The summed E-state index contributed by atoms with van der Waals surface area (Å²) in [5.74, 6) is 0.450. The van der Waals surface area contributed by atoms with Crippen molar-refractivity contribution in [2.75, 3.05) is 46.6 Å². The maximum absolute atomic E-state index is 15.7. The fourth-order valence-corrected chi connectivity index (χ4v) is 11.3. The lowest BCUT2D eigenvalue weighted by molar-refractivity contribution is -0.116. The summed E-state index contributed by atoms with van der Waals surface area (Å²) in [4.78, 5) is 50.8. The van der Waals surface area contributed by atoms with E-state index in [0.29, 0.717) is 40.1 Å². The van der Waals surface area contributed by atoms with E-state index in [2.05, 4.69) is 79.7 Å². The number of anilines is 4. The van der Waals surface area contributed by atoms with Crippen molar-refractivity contribution in [3.63, 3.8) is 0 Å². The topological polar surface area (TPSA) is 108 Å². The van der Waals surface area contributed by atoms with Gasteiger partial charge in [0, 0.05) is 73.1 Å². The predicted molar refractivity (Wildman–Crippen MR) is 233 cm³/mol. The van der Waals surface area contributed by atoms with Crippen LogP contribution in [0.4, 0.5) is 22.7 Å². The molecule has 6 aromatic rings. The van der Waals surface area contributed by atoms with Crippen LogP contribution in [0.2, 0.25) is 0 Å². The monoisotopic (exact) mass is 759 g/mol. The highest BCUT2D eigenvalue weighted by Gasteiger charge is 2.48. The number of amides is 2. The van der Waals surface area contributed by atoms with E-state index in [1.165, 1.54) is 30.4 Å². The summed E-state index contributed by atoms with van der Waals surface area (Å²) >= 11 is 0. The Kier molecular flexibility index (Phi) is 7.51. The Morgan fingerprint density at radius 2 is 1.26 bits per heavy atom. The molecule has 1 atom stereocenters. The van der Waals surface area contributed by atoms with E-state index in [4.69, 9.17) is 6.57 Å². The van der Waals surface area contributed by atoms with Gasteiger partial charge in [-0.2, -0.15) is 0 Å². The van der Waals surface area contributed by atoms with Crippen LogP contribution in [0.5, 0.6) is 0 Å². The number of allylic oxidation sites excluding steroid dienone is 2. The Labute approximate surface area is 335 Å². The van der Waals surface area contributed by atoms with E-state index in [1.807, 2.05) is 12.1 Å². The van der Waals surface area contributed by atoms with E-state index in [9.17, 15) is 15.0 Å². The molecule has 9 nitrogen and oxygen atoms in total. The van der Waals surface area contributed by atoms with Crippen LogP contribution >= 0.6 is 0 Å². The number of hydrogen-bond donors (Lipinski definition) is 2. The van der Waals surface area contributed by atoms with Crippen LogP contribution < -0.4 is 20.4 Å². The number of rotatable bonds is 5. The van der Waals surface area contributed by atoms with Gasteiger partial charge in [-0.3, -0.25) is 20.3 Å². The maximum Gasteiger partial charge on any atom is 0.221 e. The summed E-state index contributed by atoms with van der Waals surface area (Å²) < 4.78 is 0. The van der Waals surface area contributed by atoms with Crippen LogP contribution in [0.3, 0.4) is 0 Å². The van der Waals surface area contributed by atoms with E-state index in [0.717, 1.165) is 118 Å². The smallest absolute Gasteiger partial charge is 0.221 e. The molecule has 0 aromatic heterocycles. The number of Topliss-reactive ketones (excluding diaryl/α,β-unsaturated/α-hetero) is 1. The summed E-state index contributed by atoms with van der Waals surface area (Å²) in [6.07, 6.45) is 4.88. The van der Waals surface area contributed by atoms with Gasteiger partial charge in [0.25, 0.3) is 0 Å². The molecule has 0 saturated heterocycles. The molecule has 2 amide bonds. The molecule has 5 aliphatic rings. The molecule has 11 rings (SSSR count). The first-order valence-corrected chi connectivity index (χ1v) is 20.3. The highest BCUT2D eigenvalue weighted by Crippen LogP contribution is 2.59. The second-order valence-electron chi connectivity index (χ2n) is 16.4. The van der Waals surface area contributed by atoms with Gasteiger partial charge >= 0.3 is 0 Å². The lowest BCUT2D eigenvalue weighted by Gasteiger charge is -2.43. The molecule has 0 bridgehead atoms. The molecule has 2 N–H and O–H groups in total. The molecule has 0 saturated carbocycles. The first-order chi connectivity index (χ1) is 28.3. The first-order valence-electron chi connectivity index (χ1n) is 20.3. The molecule has 58 heavy (non-hydrogen) atoms. The lowest BCUT2D eigenvalue weighted by Crippen LogP contribution is -2.37. The quantitative estimate of drug-likeness (QED) is 0.104. The van der Waals surface area contributed by atoms with Crippen molar-refractivity contribution in [1.29, 1.82) is 0 Å². The van der Waals surface area contributed by atoms with Crippen molar-refractivity contribution in [2.45, 2.75) is 58.3 Å². The van der Waals surface area contributed by atoms with E-state index in [-0.39, 0.29) is 23.3 Å². The average Bonchev–Trinajstić information content (AvgIpc) is 3.23. The van der Waals surface area contributed by atoms with E-state index in [1.54, 1.807) is 0 Å². The molecule has 0 radical (unpaired) electrons. The Morgan fingerprint density at radius 1 is 0.724 bits per heavy atom. The van der Waals surface area contributed by atoms with Gasteiger partial charge in [0.05, 0.1) is 35.2 Å². The number of fused-ring (bicyclic) bond motifs is 4. The highest BCUT2D eigenvalue weighted by molar-refractivity contribution is 6.39. The molecule has 4 heterocycles. The van der Waals surface area contributed by atoms with Crippen molar-refractivity contribution >= 4 is 94.9 Å². The number of carbonyl (C=O) groups excluding carboxylic acids is 3. The normalized spacial score (nSPS) is 17.7. The number of nitrogens with zero attached hydrogens (tertiary/aromatic N) is 4. The molecular formula is C49H39N6O3-. The Bertz CT molecular complexity index is 3090. The zero-order valence-corrected chi connectivity index (χ0v) is 32.4. The Hall–Kier alpha value is -6.75. The molecule has 1 aliphatic carbocycles. The van der Waals surface area contributed by atoms with Crippen LogP contribution in [-0.4, -0.2) is 49.6 Å². The minimum absolute atomic E-state index is 0.164. The predicted octanol–water partition coefficient (Wildman–Crippen LogP) is 9.00. The average molecular weight is 760 g/mol. The molecule has 0 spiro atoms. The summed E-state index contributed by atoms with van der Waals surface area (Å²) in [5, 5.41) is 25.4. The second-order valence-corrected chi connectivity index (χ2v) is 16.4. The Balaban J connectivity index is 1.30. The summed E-state index contributed by atoms with van der Waals surface area (Å²) in [6, 6.07) is 20.9. The van der Waals surface area contributed by atoms with Crippen molar-refractivity contribution < 1.29 is 14.4 Å². The molecule has 4 aliphatic heterocycles. The van der Waals surface area contributed by atoms with Gasteiger partial charge in [-0.15, -0.1) is 0 Å². The molecule has 9 heteroatoms. The van der Waals surface area contributed by atoms with Crippen LogP contribution in [0, 0.1) is 6.57 Å². The summed E-state index contributed by atoms with van der Waals surface area (Å²) in [6.45, 7) is 14.9. The third kappa shape index (κ3) is 4.64. The minimum atomic E-state index is -1.00. The zero-order valence-electron chi connectivity index (χ0n) is 32.4. The number of carbonyl (C=O) groups is 3. The Morgan fingerprint density at radius 3 is 1.83 bits per heavy atom. The van der Waals surface area contributed by atoms with Gasteiger partial charge in [-0.05, 0) is 105 Å². The van der Waals surface area contributed by atoms with Crippen LogP contribution in [0.15, 0.2) is 71.9 Å². The SMILES string of the molecule is [C-]#[N+]C(=C=[N-])C1=C(c2c(NC(C)=O)c3c4c5c(c6ccccc6cc25)CCN4CCC3)C(=O)C1c1c(NC(C)=O)c2c3c4c(c5ccccc5cc14)CCN3CCC2. The van der Waals surface area contributed by atoms with Gasteiger partial charge in [0.1, 0.15) is 0 Å². The largest absolute Gasteiger partial charge is 0.775 e. The fraction of sp³-hybridized carbons (Fsp3) is 0.265. The van der Waals surface area contributed by atoms with Crippen molar-refractivity contribution in [3.05, 3.63) is 122 Å². The van der Waals surface area contributed by atoms with E-state index >= 15 is 4.79 Å². The van der Waals surface area contributed by atoms with Crippen LogP contribution in [-0.2, 0) is 40.1 Å². The van der Waals surface area contributed by atoms with Crippen LogP contribution in [0.25, 0.3) is 58.9 Å². The standard InChI is InChI=1S/C49H39N6O3/c1-25(56)52-45-33-14-8-18-54-20-16-31-29-12-6-4-10-27(29)22-35(38(31)47(33)54)40(45)43-42(37(24-50)51-3)44(49(43)58)41-36-23-28-11-5-7-13-30(28)32-17-21-55-19-9-15-34(48(55)39(32)36)46(41)53-26(2)57/h4-7,10-13,22-23,43H,8-9,14-21H2,1-2H3,(H,52,56)(H,53,57)/q-1. The van der Waals surface area contributed by atoms with E-state index < -0.39 is 5.92 Å². The number of nitrogens with one attached hydrogen (secondary N) is 2. The molecule has 1 unspecified atom stereocenters.